The fourth-order valence-corrected chi connectivity index (χ4v) is 3.96. The second-order valence-electron chi connectivity index (χ2n) is 6.56. The average molecular weight is 308 g/mol. The van der Waals surface area contributed by atoms with E-state index >= 15 is 0 Å². The first-order valence-electron chi connectivity index (χ1n) is 7.86. The van der Waals surface area contributed by atoms with Gasteiger partial charge in [0, 0.05) is 10.8 Å². The zero-order chi connectivity index (χ0) is 16.5. The molecule has 2 aliphatic carbocycles. The van der Waals surface area contributed by atoms with Crippen molar-refractivity contribution in [1.29, 1.82) is 0 Å². The molecular weight excluding hydrogens is 284 g/mol. The Kier molecular flexibility index (Phi) is 4.45. The second-order valence-corrected chi connectivity index (χ2v) is 6.56. The van der Waals surface area contributed by atoms with Crippen LogP contribution in [0.2, 0.25) is 0 Å². The Morgan fingerprint density at radius 2 is 1.77 bits per heavy atom. The van der Waals surface area contributed by atoms with Crippen LogP contribution in [0.1, 0.15) is 40.5 Å². The summed E-state index contributed by atoms with van der Waals surface area (Å²) in [6, 6.07) is 0. The molecule has 4 atom stereocenters. The molecule has 2 bridgehead atoms. The molecule has 1 saturated carbocycles. The quantitative estimate of drug-likeness (QED) is 0.588. The van der Waals surface area contributed by atoms with E-state index in [1.165, 1.54) is 0 Å². The van der Waals surface area contributed by atoms with Gasteiger partial charge in [-0.05, 0) is 33.6 Å². The Labute approximate surface area is 131 Å². The number of carbonyl (C=O) groups excluding carboxylic acids is 3. The van der Waals surface area contributed by atoms with Crippen LogP contribution in [0.3, 0.4) is 0 Å². The van der Waals surface area contributed by atoms with Gasteiger partial charge in [0.05, 0.1) is 25.0 Å². The Hall–Kier alpha value is -1.65. The molecule has 0 aromatic heterocycles. The summed E-state index contributed by atoms with van der Waals surface area (Å²) in [6.45, 7) is 7.52. The third kappa shape index (κ3) is 2.46. The zero-order valence-electron chi connectivity index (χ0n) is 13.7. The maximum atomic E-state index is 12.9. The largest absolute Gasteiger partial charge is 0.466 e. The minimum Gasteiger partial charge on any atom is -0.466 e. The highest BCUT2D eigenvalue weighted by atomic mass is 16.5. The fourth-order valence-electron chi connectivity index (χ4n) is 3.96. The molecule has 2 rings (SSSR count). The lowest BCUT2D eigenvalue weighted by Crippen LogP contribution is -2.58. The van der Waals surface area contributed by atoms with Gasteiger partial charge in [-0.3, -0.25) is 14.4 Å². The molecule has 22 heavy (non-hydrogen) atoms. The molecule has 0 radical (unpaired) electrons. The van der Waals surface area contributed by atoms with E-state index in [0.717, 1.165) is 0 Å². The maximum absolute atomic E-state index is 12.9. The smallest absolute Gasteiger partial charge is 0.310 e. The summed E-state index contributed by atoms with van der Waals surface area (Å²) < 4.78 is 10.3. The molecule has 0 amide bonds. The summed E-state index contributed by atoms with van der Waals surface area (Å²) in [5.74, 6) is -2.30. The topological polar surface area (TPSA) is 69.7 Å². The number of ketones is 1. The van der Waals surface area contributed by atoms with Crippen molar-refractivity contribution in [2.24, 2.45) is 22.7 Å². The molecule has 0 N–H and O–H groups in total. The molecule has 5 heteroatoms. The summed E-state index contributed by atoms with van der Waals surface area (Å²) in [6.07, 6.45) is 4.54. The van der Waals surface area contributed by atoms with Gasteiger partial charge < -0.3 is 9.47 Å². The number of allylic oxidation sites excluding steroid dienone is 2. The number of ether oxygens (including phenoxy) is 2. The van der Waals surface area contributed by atoms with E-state index in [1.54, 1.807) is 20.8 Å². The summed E-state index contributed by atoms with van der Waals surface area (Å²) >= 11 is 0. The normalized spacial score (nSPS) is 36.8. The van der Waals surface area contributed by atoms with E-state index in [4.69, 9.17) is 9.47 Å². The molecule has 0 aliphatic heterocycles. The number of esters is 2. The average Bonchev–Trinajstić information content (AvgIpc) is 2.43. The van der Waals surface area contributed by atoms with Crippen molar-refractivity contribution < 1.29 is 23.9 Å². The summed E-state index contributed by atoms with van der Waals surface area (Å²) in [5, 5.41) is 0. The van der Waals surface area contributed by atoms with Gasteiger partial charge in [0.2, 0.25) is 0 Å². The molecule has 0 heterocycles. The molecule has 0 aromatic rings. The van der Waals surface area contributed by atoms with Gasteiger partial charge in [0.1, 0.15) is 5.78 Å². The SMILES string of the molecule is CCOC(=O)[C@@H]1C[C@@]2(C)C=CC[C@](C)(C2=O)[C@H]1C(=O)OCC. The van der Waals surface area contributed by atoms with Crippen LogP contribution >= 0.6 is 0 Å². The number of hydrogen-bond donors (Lipinski definition) is 0. The number of hydrogen-bond acceptors (Lipinski definition) is 5. The lowest BCUT2D eigenvalue weighted by atomic mass is 9.50. The molecule has 122 valence electrons. The van der Waals surface area contributed by atoms with E-state index in [9.17, 15) is 14.4 Å². The van der Waals surface area contributed by atoms with Crippen molar-refractivity contribution in [3.8, 4) is 0 Å². The molecule has 0 aromatic carbocycles. The van der Waals surface area contributed by atoms with Crippen molar-refractivity contribution >= 4 is 17.7 Å². The monoisotopic (exact) mass is 308 g/mol. The maximum Gasteiger partial charge on any atom is 0.310 e. The van der Waals surface area contributed by atoms with Crippen molar-refractivity contribution in [2.75, 3.05) is 13.2 Å². The van der Waals surface area contributed by atoms with Crippen LogP contribution in [0.25, 0.3) is 0 Å². The van der Waals surface area contributed by atoms with Gasteiger partial charge in [0.15, 0.2) is 0 Å². The van der Waals surface area contributed by atoms with E-state index in [-0.39, 0.29) is 19.0 Å². The number of fused-ring (bicyclic) bond motifs is 2. The lowest BCUT2D eigenvalue weighted by Gasteiger charge is -2.50. The molecule has 0 unspecified atom stereocenters. The van der Waals surface area contributed by atoms with E-state index in [2.05, 4.69) is 0 Å². The number of Topliss-reactive ketones (excluding diaryl/α,β-unsaturated/α-hetero) is 1. The Bertz CT molecular complexity index is 523. The zero-order valence-corrected chi connectivity index (χ0v) is 13.7. The second kappa shape index (κ2) is 5.86. The third-order valence-electron chi connectivity index (χ3n) is 4.93. The Balaban J connectivity index is 2.47. The standard InChI is InChI=1S/C17H24O5/c1-5-21-13(18)11-10-16(3)8-7-9-17(4,15(16)20)12(11)14(19)22-6-2/h7-8,11-12H,5-6,9-10H2,1-4H3/t11-,12-,16-,17+/m1/s1. The van der Waals surface area contributed by atoms with Crippen LogP contribution in [0, 0.1) is 22.7 Å². The van der Waals surface area contributed by atoms with Crippen LogP contribution in [0.5, 0.6) is 0 Å². The minimum atomic E-state index is -0.911. The molecule has 5 nitrogen and oxygen atoms in total. The molecule has 0 saturated heterocycles. The van der Waals surface area contributed by atoms with Crippen molar-refractivity contribution in [3.05, 3.63) is 12.2 Å². The van der Waals surface area contributed by atoms with Crippen molar-refractivity contribution in [1.82, 2.24) is 0 Å². The van der Waals surface area contributed by atoms with E-state index < -0.39 is 34.6 Å². The summed E-state index contributed by atoms with van der Waals surface area (Å²) in [5.41, 5.74) is -1.63. The molecule has 1 fully saturated rings. The highest BCUT2D eigenvalue weighted by Gasteiger charge is 2.62. The van der Waals surface area contributed by atoms with Crippen LogP contribution < -0.4 is 0 Å². The number of carbonyl (C=O) groups is 3. The first kappa shape index (κ1) is 16.7. The van der Waals surface area contributed by atoms with Crippen LogP contribution in [0.4, 0.5) is 0 Å². The predicted octanol–water partition coefficient (Wildman–Crippen LogP) is 2.29. The van der Waals surface area contributed by atoms with Crippen LogP contribution in [-0.4, -0.2) is 30.9 Å². The first-order valence-corrected chi connectivity index (χ1v) is 7.86. The van der Waals surface area contributed by atoms with Gasteiger partial charge >= 0.3 is 11.9 Å². The first-order chi connectivity index (χ1) is 10.3. The highest BCUT2D eigenvalue weighted by Crippen LogP contribution is 2.55. The highest BCUT2D eigenvalue weighted by molar-refractivity contribution is 6.00. The van der Waals surface area contributed by atoms with E-state index in [0.29, 0.717) is 12.8 Å². The van der Waals surface area contributed by atoms with Gasteiger partial charge in [-0.1, -0.05) is 19.1 Å². The summed E-state index contributed by atoms with van der Waals surface area (Å²) in [4.78, 5) is 37.7. The Morgan fingerprint density at radius 1 is 1.18 bits per heavy atom. The number of rotatable bonds is 4. The lowest BCUT2D eigenvalue weighted by molar-refractivity contribution is -0.177. The Morgan fingerprint density at radius 3 is 2.36 bits per heavy atom. The minimum absolute atomic E-state index is 0.0149. The van der Waals surface area contributed by atoms with Crippen molar-refractivity contribution in [2.45, 2.75) is 40.5 Å². The fraction of sp³-hybridized carbons (Fsp3) is 0.706. The molecular formula is C17H24O5. The van der Waals surface area contributed by atoms with Crippen LogP contribution in [0.15, 0.2) is 12.2 Å². The van der Waals surface area contributed by atoms with Gasteiger partial charge in [0.25, 0.3) is 0 Å². The predicted molar refractivity (Wildman–Crippen MR) is 79.8 cm³/mol. The van der Waals surface area contributed by atoms with Crippen LogP contribution in [-0.2, 0) is 23.9 Å². The van der Waals surface area contributed by atoms with Crippen molar-refractivity contribution in [3.63, 3.8) is 0 Å². The van der Waals surface area contributed by atoms with Gasteiger partial charge in [-0.15, -0.1) is 0 Å². The molecule has 2 aliphatic rings. The van der Waals surface area contributed by atoms with Gasteiger partial charge in [-0.25, -0.2) is 0 Å². The van der Waals surface area contributed by atoms with Gasteiger partial charge in [-0.2, -0.15) is 0 Å². The molecule has 0 spiro atoms. The third-order valence-corrected chi connectivity index (χ3v) is 4.93. The summed E-state index contributed by atoms with van der Waals surface area (Å²) in [7, 11) is 0. The van der Waals surface area contributed by atoms with E-state index in [1.807, 2.05) is 19.1 Å².